The number of nitrogens with one attached hydrogen (secondary N) is 1. The lowest BCUT2D eigenvalue weighted by molar-refractivity contribution is -0.143. The van der Waals surface area contributed by atoms with E-state index in [-0.39, 0.29) is 30.5 Å². The Morgan fingerprint density at radius 3 is 2.29 bits per heavy atom. The van der Waals surface area contributed by atoms with Crippen molar-refractivity contribution in [2.45, 2.75) is 56.5 Å². The first-order chi connectivity index (χ1) is 16.5. The number of carbonyl (C=O) groups is 3. The summed E-state index contributed by atoms with van der Waals surface area (Å²) >= 11 is 0. The lowest BCUT2D eigenvalue weighted by Crippen LogP contribution is -2.37. The minimum Gasteiger partial charge on any atom is -0.481 e. The van der Waals surface area contributed by atoms with E-state index in [0.717, 1.165) is 12.8 Å². The predicted molar refractivity (Wildman–Crippen MR) is 126 cm³/mol. The molecule has 2 aromatic carbocycles. The molecule has 7 heteroatoms. The van der Waals surface area contributed by atoms with Crippen molar-refractivity contribution >= 4 is 18.0 Å². The highest BCUT2D eigenvalue weighted by Gasteiger charge is 2.50. The number of rotatable bonds is 8. The summed E-state index contributed by atoms with van der Waals surface area (Å²) in [6, 6.07) is 16.4. The first-order valence-electron chi connectivity index (χ1n) is 12.2. The van der Waals surface area contributed by atoms with E-state index in [4.69, 9.17) is 4.74 Å². The van der Waals surface area contributed by atoms with Crippen LogP contribution in [-0.4, -0.2) is 53.2 Å². The van der Waals surface area contributed by atoms with E-state index in [9.17, 15) is 19.5 Å². The van der Waals surface area contributed by atoms with Gasteiger partial charge in [0.15, 0.2) is 0 Å². The average Bonchev–Trinajstić information content (AvgIpc) is 3.52. The van der Waals surface area contributed by atoms with Crippen molar-refractivity contribution in [1.29, 1.82) is 0 Å². The van der Waals surface area contributed by atoms with Gasteiger partial charge in [-0.25, -0.2) is 4.79 Å². The van der Waals surface area contributed by atoms with Crippen molar-refractivity contribution in [3.8, 4) is 11.1 Å². The number of fused-ring (bicyclic) bond motifs is 5. The van der Waals surface area contributed by atoms with E-state index in [1.807, 2.05) is 29.2 Å². The molecule has 2 heterocycles. The normalized spacial score (nSPS) is 22.4. The number of aliphatic carboxylic acids is 1. The summed E-state index contributed by atoms with van der Waals surface area (Å²) in [6.07, 6.45) is 3.52. The first-order valence-corrected chi connectivity index (χ1v) is 12.2. The van der Waals surface area contributed by atoms with Crippen molar-refractivity contribution in [3.63, 3.8) is 0 Å². The Hall–Kier alpha value is -3.35. The Kier molecular flexibility index (Phi) is 6.26. The van der Waals surface area contributed by atoms with E-state index in [0.29, 0.717) is 32.2 Å². The minimum absolute atomic E-state index is 0.0289. The molecule has 3 atom stereocenters. The first kappa shape index (κ1) is 22.4. The number of hydrogen-bond acceptors (Lipinski definition) is 4. The van der Waals surface area contributed by atoms with E-state index >= 15 is 0 Å². The third-order valence-corrected chi connectivity index (χ3v) is 7.57. The number of alkyl carbamates (subject to hydrolysis) is 1. The Morgan fingerprint density at radius 2 is 1.65 bits per heavy atom. The van der Waals surface area contributed by atoms with Crippen molar-refractivity contribution in [2.75, 3.05) is 13.2 Å². The molecule has 2 N–H and O–H groups in total. The van der Waals surface area contributed by atoms with Gasteiger partial charge in [-0.3, -0.25) is 9.59 Å². The molecule has 34 heavy (non-hydrogen) atoms. The maximum atomic E-state index is 12.6. The number of carbonyl (C=O) groups excluding carboxylic acids is 2. The van der Waals surface area contributed by atoms with Crippen molar-refractivity contribution in [3.05, 3.63) is 59.7 Å². The topological polar surface area (TPSA) is 95.9 Å². The number of carboxylic acid groups (broad SMARTS) is 1. The number of benzene rings is 2. The van der Waals surface area contributed by atoms with Gasteiger partial charge in [0.05, 0.1) is 5.92 Å². The molecular weight excluding hydrogens is 432 g/mol. The van der Waals surface area contributed by atoms with Gasteiger partial charge in [-0.1, -0.05) is 48.5 Å². The highest BCUT2D eigenvalue weighted by atomic mass is 16.5. The second-order valence-corrected chi connectivity index (χ2v) is 9.49. The molecule has 0 aromatic heterocycles. The van der Waals surface area contributed by atoms with Crippen LogP contribution < -0.4 is 5.32 Å². The van der Waals surface area contributed by atoms with Crippen LogP contribution >= 0.6 is 0 Å². The second kappa shape index (κ2) is 9.49. The van der Waals surface area contributed by atoms with E-state index < -0.39 is 18.0 Å². The Balaban J connectivity index is 1.04. The van der Waals surface area contributed by atoms with Gasteiger partial charge in [0, 0.05) is 31.0 Å². The monoisotopic (exact) mass is 462 g/mol. The van der Waals surface area contributed by atoms with Crippen LogP contribution in [0.4, 0.5) is 4.79 Å². The van der Waals surface area contributed by atoms with Gasteiger partial charge in [0.25, 0.3) is 0 Å². The lowest BCUT2D eigenvalue weighted by Gasteiger charge is -2.23. The zero-order valence-corrected chi connectivity index (χ0v) is 19.1. The average molecular weight is 463 g/mol. The molecule has 178 valence electrons. The maximum Gasteiger partial charge on any atom is 0.407 e. The number of unbranched alkanes of at least 4 members (excludes halogenated alkanes) is 1. The summed E-state index contributed by atoms with van der Waals surface area (Å²) < 4.78 is 5.54. The molecule has 2 aliphatic heterocycles. The molecule has 2 saturated heterocycles. The van der Waals surface area contributed by atoms with Gasteiger partial charge in [-0.05, 0) is 54.4 Å². The molecule has 1 aliphatic carbocycles. The van der Waals surface area contributed by atoms with Crippen LogP contribution in [0.1, 0.15) is 55.6 Å². The van der Waals surface area contributed by atoms with Crippen LogP contribution in [0.5, 0.6) is 0 Å². The van der Waals surface area contributed by atoms with Crippen molar-refractivity contribution < 1.29 is 24.2 Å². The molecule has 3 unspecified atom stereocenters. The van der Waals surface area contributed by atoms with Crippen LogP contribution in [0.3, 0.4) is 0 Å². The van der Waals surface area contributed by atoms with Crippen LogP contribution in [0.15, 0.2) is 48.5 Å². The number of amides is 2. The van der Waals surface area contributed by atoms with Gasteiger partial charge in [0.2, 0.25) is 5.91 Å². The zero-order chi connectivity index (χ0) is 23.7. The molecule has 3 aliphatic rings. The molecule has 0 saturated carbocycles. The summed E-state index contributed by atoms with van der Waals surface area (Å²) in [5.41, 5.74) is 4.74. The van der Waals surface area contributed by atoms with Gasteiger partial charge in [0.1, 0.15) is 6.61 Å². The Bertz CT molecular complexity index is 1050. The number of ether oxygens (including phenoxy) is 1. The third-order valence-electron chi connectivity index (χ3n) is 7.57. The molecule has 7 nitrogen and oxygen atoms in total. The fraction of sp³-hybridized carbons (Fsp3) is 0.444. The molecule has 2 fully saturated rings. The quantitative estimate of drug-likeness (QED) is 0.575. The van der Waals surface area contributed by atoms with Crippen molar-refractivity contribution in [1.82, 2.24) is 10.2 Å². The van der Waals surface area contributed by atoms with Crippen molar-refractivity contribution in [2.24, 2.45) is 5.92 Å². The Morgan fingerprint density at radius 1 is 0.971 bits per heavy atom. The molecule has 2 amide bonds. The zero-order valence-electron chi connectivity index (χ0n) is 19.1. The summed E-state index contributed by atoms with van der Waals surface area (Å²) in [5, 5.41) is 12.1. The highest BCUT2D eigenvalue weighted by molar-refractivity contribution is 5.81. The largest absolute Gasteiger partial charge is 0.481 e. The number of nitrogens with zero attached hydrogens (tertiary/aromatic N) is 1. The van der Waals surface area contributed by atoms with Crippen LogP contribution in [0.2, 0.25) is 0 Å². The third kappa shape index (κ3) is 4.15. The molecule has 0 spiro atoms. The Labute approximate surface area is 199 Å². The molecule has 0 radical (unpaired) electrons. The molecule has 5 rings (SSSR count). The standard InChI is InChI=1S/C27H30N2O5/c30-25(29-17-12-13-24(29)22(15-17)26(31)32)11-5-6-14-28-27(33)34-16-23-20-9-3-1-7-18(20)19-8-2-4-10-21(19)23/h1-4,7-10,17,22-24H,5-6,11-16H2,(H,28,33)(H,31,32). The van der Waals surface area contributed by atoms with E-state index in [2.05, 4.69) is 29.6 Å². The summed E-state index contributed by atoms with van der Waals surface area (Å²) in [5.74, 6) is -1.14. The molecule has 2 aromatic rings. The number of carboxylic acids is 1. The summed E-state index contributed by atoms with van der Waals surface area (Å²) in [6.45, 7) is 0.718. The minimum atomic E-state index is -0.794. The predicted octanol–water partition coefficient (Wildman–Crippen LogP) is 4.16. The fourth-order valence-corrected chi connectivity index (χ4v) is 6.01. The van der Waals surface area contributed by atoms with E-state index in [1.165, 1.54) is 22.3 Å². The number of hydrogen-bond donors (Lipinski definition) is 2. The smallest absolute Gasteiger partial charge is 0.407 e. The van der Waals surface area contributed by atoms with E-state index in [1.54, 1.807) is 0 Å². The second-order valence-electron chi connectivity index (χ2n) is 9.49. The van der Waals surface area contributed by atoms with Gasteiger partial charge < -0.3 is 20.1 Å². The van der Waals surface area contributed by atoms with Gasteiger partial charge >= 0.3 is 12.1 Å². The summed E-state index contributed by atoms with van der Waals surface area (Å²) in [7, 11) is 0. The van der Waals surface area contributed by atoms with Crippen LogP contribution in [0, 0.1) is 5.92 Å². The fourth-order valence-electron chi connectivity index (χ4n) is 6.01. The van der Waals surface area contributed by atoms with Gasteiger partial charge in [-0.15, -0.1) is 0 Å². The summed E-state index contributed by atoms with van der Waals surface area (Å²) in [4.78, 5) is 38.1. The molecular formula is C27H30N2O5. The van der Waals surface area contributed by atoms with Crippen LogP contribution in [0.25, 0.3) is 11.1 Å². The maximum absolute atomic E-state index is 12.6. The lowest BCUT2D eigenvalue weighted by atomic mass is 9.89. The molecule has 2 bridgehead atoms. The van der Waals surface area contributed by atoms with Crippen LogP contribution in [-0.2, 0) is 14.3 Å². The highest BCUT2D eigenvalue weighted by Crippen LogP contribution is 2.44. The SMILES string of the molecule is O=C(NCCCCC(=O)N1C2CCC1C(C(=O)O)C2)OCC1c2ccccc2-c2ccccc21. The van der Waals surface area contributed by atoms with Gasteiger partial charge in [-0.2, -0.15) is 0 Å².